The number of ether oxygens (including phenoxy) is 1. The molecule has 6 nitrogen and oxygen atoms in total. The molecule has 0 spiro atoms. The van der Waals surface area contributed by atoms with Gasteiger partial charge in [0.2, 0.25) is 5.91 Å². The number of aliphatic hydroxyl groups excluding tert-OH is 2. The zero-order valence-corrected chi connectivity index (χ0v) is 37.2. The number of aliphatic hydroxyl groups is 2. The van der Waals surface area contributed by atoms with Crippen molar-refractivity contribution < 1.29 is 24.5 Å². The lowest BCUT2D eigenvalue weighted by atomic mass is 10.0. The minimum absolute atomic E-state index is 0.0431. The van der Waals surface area contributed by atoms with Crippen molar-refractivity contribution >= 4 is 11.9 Å². The molecule has 3 atom stereocenters. The van der Waals surface area contributed by atoms with Gasteiger partial charge in [-0.3, -0.25) is 9.59 Å². The molecular formula is C51H89NO5. The van der Waals surface area contributed by atoms with E-state index in [1.165, 1.54) is 64.2 Å². The Balaban J connectivity index is 4.69. The van der Waals surface area contributed by atoms with E-state index in [4.69, 9.17) is 4.74 Å². The van der Waals surface area contributed by atoms with Crippen molar-refractivity contribution in [1.82, 2.24) is 5.32 Å². The van der Waals surface area contributed by atoms with Gasteiger partial charge in [0.25, 0.3) is 0 Å². The van der Waals surface area contributed by atoms with E-state index in [0.29, 0.717) is 25.7 Å². The van der Waals surface area contributed by atoms with E-state index >= 15 is 0 Å². The molecule has 57 heavy (non-hydrogen) atoms. The number of allylic oxidation sites excluding steroid dienone is 12. The van der Waals surface area contributed by atoms with Gasteiger partial charge < -0.3 is 20.3 Å². The fraction of sp³-hybridized carbons (Fsp3) is 0.725. The average molecular weight is 796 g/mol. The van der Waals surface area contributed by atoms with Gasteiger partial charge in [-0.25, -0.2) is 0 Å². The Bertz CT molecular complexity index is 1070. The number of amides is 1. The number of unbranched alkanes of at least 4 members (excludes halogenated alkanes) is 17. The predicted molar refractivity (Wildman–Crippen MR) is 245 cm³/mol. The molecule has 0 saturated carbocycles. The van der Waals surface area contributed by atoms with Crippen molar-refractivity contribution in [3.05, 3.63) is 72.9 Å². The lowest BCUT2D eigenvalue weighted by molar-refractivity contribution is -0.151. The van der Waals surface area contributed by atoms with Crippen LogP contribution in [0.4, 0.5) is 0 Å². The van der Waals surface area contributed by atoms with Crippen molar-refractivity contribution in [2.45, 2.75) is 232 Å². The van der Waals surface area contributed by atoms with Crippen LogP contribution in [0.1, 0.15) is 213 Å². The summed E-state index contributed by atoms with van der Waals surface area (Å²) in [7, 11) is 0. The molecule has 0 saturated heterocycles. The quantitative estimate of drug-likeness (QED) is 0.0325. The van der Waals surface area contributed by atoms with Crippen LogP contribution >= 0.6 is 0 Å². The summed E-state index contributed by atoms with van der Waals surface area (Å²) < 4.78 is 5.87. The van der Waals surface area contributed by atoms with Gasteiger partial charge >= 0.3 is 5.97 Å². The Hall–Kier alpha value is -2.70. The van der Waals surface area contributed by atoms with Crippen LogP contribution in [-0.2, 0) is 14.3 Å². The molecule has 0 aliphatic carbocycles. The zero-order valence-electron chi connectivity index (χ0n) is 37.2. The Morgan fingerprint density at radius 2 is 0.947 bits per heavy atom. The van der Waals surface area contributed by atoms with Gasteiger partial charge in [-0.1, -0.05) is 184 Å². The van der Waals surface area contributed by atoms with Gasteiger partial charge in [-0.05, 0) is 89.9 Å². The minimum Gasteiger partial charge on any atom is -0.462 e. The van der Waals surface area contributed by atoms with Crippen molar-refractivity contribution in [1.29, 1.82) is 0 Å². The first-order chi connectivity index (χ1) is 28.0. The first-order valence-corrected chi connectivity index (χ1v) is 23.7. The molecule has 328 valence electrons. The highest BCUT2D eigenvalue weighted by atomic mass is 16.5. The van der Waals surface area contributed by atoms with Crippen LogP contribution in [0, 0.1) is 0 Å². The van der Waals surface area contributed by atoms with Crippen LogP contribution in [0.3, 0.4) is 0 Å². The number of hydrogen-bond donors (Lipinski definition) is 3. The van der Waals surface area contributed by atoms with Crippen LogP contribution in [0.2, 0.25) is 0 Å². The van der Waals surface area contributed by atoms with E-state index in [9.17, 15) is 19.8 Å². The second-order valence-corrected chi connectivity index (χ2v) is 15.8. The van der Waals surface area contributed by atoms with E-state index in [0.717, 1.165) is 96.3 Å². The van der Waals surface area contributed by atoms with Crippen LogP contribution in [-0.4, -0.2) is 46.9 Å². The van der Waals surface area contributed by atoms with E-state index in [2.05, 4.69) is 99.0 Å². The molecule has 3 N–H and O–H groups in total. The summed E-state index contributed by atoms with van der Waals surface area (Å²) in [6.45, 7) is 6.29. The largest absolute Gasteiger partial charge is 0.462 e. The molecule has 1 amide bonds. The van der Waals surface area contributed by atoms with Gasteiger partial charge in [0, 0.05) is 6.42 Å². The second kappa shape index (κ2) is 44.4. The predicted octanol–water partition coefficient (Wildman–Crippen LogP) is 13.8. The first-order valence-electron chi connectivity index (χ1n) is 23.7. The van der Waals surface area contributed by atoms with Crippen LogP contribution in [0.5, 0.6) is 0 Å². The van der Waals surface area contributed by atoms with Crippen LogP contribution in [0.25, 0.3) is 0 Å². The zero-order chi connectivity index (χ0) is 41.7. The third kappa shape index (κ3) is 39.9. The Morgan fingerprint density at radius 3 is 1.47 bits per heavy atom. The molecule has 0 aromatic rings. The summed E-state index contributed by atoms with van der Waals surface area (Å²) >= 11 is 0. The standard InChI is InChI=1S/C51H89NO5/c1-4-7-10-13-16-19-21-23-24-25-26-27-29-32-35-38-41-44-51(56)57-47(42-39-36-33-31-28-22-20-17-14-11-8-5-2)45-50(55)52-48(46-53)49(54)43-40-37-34-30-18-15-12-9-6-3/h8,11,16-17,19-20,23-24,26-27,32,35,47-49,53-54H,4-7,9-10,12-15,18,21-22,25,28-31,33-34,36-46H2,1-3H3,(H,52,55)/b11-8+,19-16-,20-17+,24-23-,27-26-,35-32-. The number of nitrogens with one attached hydrogen (secondary N) is 1. The highest BCUT2D eigenvalue weighted by molar-refractivity contribution is 5.77. The third-order valence-electron chi connectivity index (χ3n) is 10.3. The average Bonchev–Trinajstić information content (AvgIpc) is 3.20. The first kappa shape index (κ1) is 54.3. The number of carbonyl (C=O) groups excluding carboxylic acids is 2. The molecule has 0 aliphatic heterocycles. The topological polar surface area (TPSA) is 95.9 Å². The van der Waals surface area contributed by atoms with Crippen LogP contribution in [0.15, 0.2) is 72.9 Å². The molecule has 3 unspecified atom stereocenters. The van der Waals surface area contributed by atoms with Gasteiger partial charge in [0.15, 0.2) is 0 Å². The molecule has 0 aromatic heterocycles. The number of esters is 1. The van der Waals surface area contributed by atoms with Crippen molar-refractivity contribution in [3.63, 3.8) is 0 Å². The lowest BCUT2D eigenvalue weighted by Crippen LogP contribution is -2.46. The molecule has 0 heterocycles. The third-order valence-corrected chi connectivity index (χ3v) is 10.3. The normalized spacial score (nSPS) is 14.0. The summed E-state index contributed by atoms with van der Waals surface area (Å²) in [6.07, 6.45) is 55.4. The summed E-state index contributed by atoms with van der Waals surface area (Å²) in [5, 5.41) is 23.6. The smallest absolute Gasteiger partial charge is 0.306 e. The van der Waals surface area contributed by atoms with E-state index in [1.54, 1.807) is 0 Å². The summed E-state index contributed by atoms with van der Waals surface area (Å²) in [6, 6.07) is -0.718. The molecule has 0 fully saturated rings. The Kier molecular flexibility index (Phi) is 42.3. The molecule has 0 rings (SSSR count). The summed E-state index contributed by atoms with van der Waals surface area (Å²) in [5.41, 5.74) is 0. The monoisotopic (exact) mass is 796 g/mol. The fourth-order valence-electron chi connectivity index (χ4n) is 6.69. The van der Waals surface area contributed by atoms with E-state index in [-0.39, 0.29) is 24.9 Å². The van der Waals surface area contributed by atoms with Gasteiger partial charge in [-0.15, -0.1) is 0 Å². The Morgan fingerprint density at radius 1 is 0.526 bits per heavy atom. The number of carbonyl (C=O) groups is 2. The molecule has 0 aromatic carbocycles. The van der Waals surface area contributed by atoms with Gasteiger partial charge in [0.1, 0.15) is 6.10 Å². The molecule has 6 heteroatoms. The van der Waals surface area contributed by atoms with E-state index in [1.807, 2.05) is 0 Å². The maximum Gasteiger partial charge on any atom is 0.306 e. The lowest BCUT2D eigenvalue weighted by Gasteiger charge is -2.24. The maximum atomic E-state index is 13.1. The minimum atomic E-state index is -0.801. The molecular weight excluding hydrogens is 707 g/mol. The number of rotatable bonds is 41. The van der Waals surface area contributed by atoms with Crippen molar-refractivity contribution in [3.8, 4) is 0 Å². The van der Waals surface area contributed by atoms with Crippen LogP contribution < -0.4 is 5.32 Å². The van der Waals surface area contributed by atoms with Crippen molar-refractivity contribution in [2.75, 3.05) is 6.61 Å². The molecule has 0 radical (unpaired) electrons. The SMILES string of the molecule is CC/C=C/C/C=C/CCCCCCCC(CC(=O)NC(CO)C(O)CCCCCCCCCCC)OC(=O)CCC/C=C\C/C=C\C/C=C\C/C=C\CCCCC. The number of hydrogen-bond acceptors (Lipinski definition) is 5. The van der Waals surface area contributed by atoms with Gasteiger partial charge in [0.05, 0.1) is 25.2 Å². The highest BCUT2D eigenvalue weighted by Gasteiger charge is 2.24. The fourth-order valence-corrected chi connectivity index (χ4v) is 6.69. The maximum absolute atomic E-state index is 13.1. The molecule has 0 bridgehead atoms. The summed E-state index contributed by atoms with van der Waals surface area (Å²) in [5.74, 6) is -0.562. The Labute approximate surface area is 351 Å². The van der Waals surface area contributed by atoms with E-state index < -0.39 is 18.2 Å². The molecule has 0 aliphatic rings. The summed E-state index contributed by atoms with van der Waals surface area (Å²) in [4.78, 5) is 26.0. The second-order valence-electron chi connectivity index (χ2n) is 15.8. The van der Waals surface area contributed by atoms with Crippen molar-refractivity contribution in [2.24, 2.45) is 0 Å². The highest BCUT2D eigenvalue weighted by Crippen LogP contribution is 2.17. The van der Waals surface area contributed by atoms with Gasteiger partial charge in [-0.2, -0.15) is 0 Å².